The molecule has 1 unspecified atom stereocenters. The number of likely N-dealkylation sites (tertiary alicyclic amines) is 1. The number of rotatable bonds is 3. The highest BCUT2D eigenvalue weighted by molar-refractivity contribution is 5.85. The van der Waals surface area contributed by atoms with Crippen LogP contribution in [0.3, 0.4) is 0 Å². The Morgan fingerprint density at radius 2 is 2.00 bits per heavy atom. The molecule has 2 aliphatic heterocycles. The Balaban J connectivity index is 0.00000192. The molecule has 0 saturated carbocycles. The number of nitrogens with one attached hydrogen (secondary N) is 1. The molecule has 1 aromatic rings. The Hall–Kier alpha value is -1.13. The second-order valence-corrected chi connectivity index (χ2v) is 6.61. The lowest BCUT2D eigenvalue weighted by Gasteiger charge is -2.35. The highest BCUT2D eigenvalue weighted by atomic mass is 35.5. The maximum Gasteiger partial charge on any atom is 0.239 e. The van der Waals surface area contributed by atoms with Gasteiger partial charge in [0.2, 0.25) is 5.91 Å². The molecule has 0 spiro atoms. The fourth-order valence-corrected chi connectivity index (χ4v) is 3.64. The summed E-state index contributed by atoms with van der Waals surface area (Å²) in [6.07, 6.45) is 6.27. The second-order valence-electron chi connectivity index (χ2n) is 6.61. The van der Waals surface area contributed by atoms with Crippen LogP contribution in [0, 0.1) is 11.7 Å². The summed E-state index contributed by atoms with van der Waals surface area (Å²) in [7, 11) is 0. The molecule has 0 radical (unpaired) electrons. The molecule has 0 bridgehead atoms. The van der Waals surface area contributed by atoms with Crippen LogP contribution >= 0.6 is 12.4 Å². The van der Waals surface area contributed by atoms with Gasteiger partial charge in [0.05, 0.1) is 6.04 Å². The van der Waals surface area contributed by atoms with Gasteiger partial charge in [0, 0.05) is 13.1 Å². The van der Waals surface area contributed by atoms with Crippen molar-refractivity contribution in [3.05, 3.63) is 35.6 Å². The first-order valence-corrected chi connectivity index (χ1v) is 8.49. The minimum absolute atomic E-state index is 0. The largest absolute Gasteiger partial charge is 0.341 e. The topological polar surface area (TPSA) is 32.3 Å². The van der Waals surface area contributed by atoms with E-state index in [1.165, 1.54) is 12.5 Å². The van der Waals surface area contributed by atoms with E-state index in [4.69, 9.17) is 0 Å². The third kappa shape index (κ3) is 4.92. The Morgan fingerprint density at radius 3 is 2.65 bits per heavy atom. The van der Waals surface area contributed by atoms with Crippen molar-refractivity contribution in [2.24, 2.45) is 5.92 Å². The van der Waals surface area contributed by atoms with Crippen molar-refractivity contribution >= 4 is 18.3 Å². The highest BCUT2D eigenvalue weighted by Gasteiger charge is 2.28. The van der Waals surface area contributed by atoms with E-state index < -0.39 is 0 Å². The van der Waals surface area contributed by atoms with Gasteiger partial charge in [0.15, 0.2) is 0 Å². The molecular formula is C18H26ClFN2O. The van der Waals surface area contributed by atoms with Gasteiger partial charge in [0.25, 0.3) is 0 Å². The Morgan fingerprint density at radius 1 is 1.22 bits per heavy atom. The molecular weight excluding hydrogens is 315 g/mol. The van der Waals surface area contributed by atoms with Crippen LogP contribution in [0.1, 0.15) is 37.7 Å². The van der Waals surface area contributed by atoms with Gasteiger partial charge in [-0.05, 0) is 62.3 Å². The molecule has 1 amide bonds. The minimum atomic E-state index is -0.159. The molecule has 0 aromatic heterocycles. The van der Waals surface area contributed by atoms with E-state index in [1.54, 1.807) is 12.1 Å². The van der Waals surface area contributed by atoms with Crippen molar-refractivity contribution < 1.29 is 9.18 Å². The lowest BCUT2D eigenvalue weighted by Crippen LogP contribution is -2.50. The van der Waals surface area contributed by atoms with Crippen LogP contribution in [0.5, 0.6) is 0 Å². The lowest BCUT2D eigenvalue weighted by molar-refractivity contribution is -0.135. The molecule has 2 heterocycles. The maximum absolute atomic E-state index is 13.2. The standard InChI is InChI=1S/C18H25FN2O.ClH/c19-16-5-3-4-15(13-16)12-14-7-10-21(11-8-14)18(22)17-6-1-2-9-20-17;/h3-5,13-14,17,20H,1-2,6-12H2;1H. The van der Waals surface area contributed by atoms with Crippen LogP contribution in [-0.4, -0.2) is 36.5 Å². The van der Waals surface area contributed by atoms with E-state index in [0.717, 1.165) is 57.3 Å². The van der Waals surface area contributed by atoms with Crippen LogP contribution < -0.4 is 5.32 Å². The van der Waals surface area contributed by atoms with E-state index in [-0.39, 0.29) is 30.2 Å². The molecule has 23 heavy (non-hydrogen) atoms. The van der Waals surface area contributed by atoms with Crippen LogP contribution in [0.2, 0.25) is 0 Å². The average Bonchev–Trinajstić information content (AvgIpc) is 2.56. The smallest absolute Gasteiger partial charge is 0.239 e. The first-order valence-electron chi connectivity index (χ1n) is 8.49. The van der Waals surface area contributed by atoms with Gasteiger partial charge < -0.3 is 10.2 Å². The van der Waals surface area contributed by atoms with Crippen molar-refractivity contribution in [2.75, 3.05) is 19.6 Å². The third-order valence-electron chi connectivity index (χ3n) is 4.95. The van der Waals surface area contributed by atoms with Crippen molar-refractivity contribution in [3.8, 4) is 0 Å². The minimum Gasteiger partial charge on any atom is -0.341 e. The number of nitrogens with zero attached hydrogens (tertiary/aromatic N) is 1. The van der Waals surface area contributed by atoms with Crippen molar-refractivity contribution in [1.29, 1.82) is 0 Å². The lowest BCUT2D eigenvalue weighted by atomic mass is 9.89. The van der Waals surface area contributed by atoms with Crippen LogP contribution in [0.15, 0.2) is 24.3 Å². The van der Waals surface area contributed by atoms with E-state index in [9.17, 15) is 9.18 Å². The molecule has 3 nitrogen and oxygen atoms in total. The van der Waals surface area contributed by atoms with Gasteiger partial charge >= 0.3 is 0 Å². The Bertz CT molecular complexity index is 511. The van der Waals surface area contributed by atoms with E-state index in [2.05, 4.69) is 5.32 Å². The zero-order valence-electron chi connectivity index (χ0n) is 13.5. The number of piperidine rings is 2. The monoisotopic (exact) mass is 340 g/mol. The third-order valence-corrected chi connectivity index (χ3v) is 4.95. The first kappa shape index (κ1) is 18.2. The molecule has 0 aliphatic carbocycles. The number of halogens is 2. The molecule has 2 fully saturated rings. The summed E-state index contributed by atoms with van der Waals surface area (Å²) < 4.78 is 13.2. The van der Waals surface area contributed by atoms with Crippen LogP contribution in [0.25, 0.3) is 0 Å². The number of carbonyl (C=O) groups is 1. The molecule has 1 aromatic carbocycles. The van der Waals surface area contributed by atoms with Crippen molar-refractivity contribution in [1.82, 2.24) is 10.2 Å². The first-order chi connectivity index (χ1) is 10.7. The number of amides is 1. The van der Waals surface area contributed by atoms with Crippen molar-refractivity contribution in [2.45, 2.75) is 44.6 Å². The van der Waals surface area contributed by atoms with Gasteiger partial charge in [-0.2, -0.15) is 0 Å². The molecule has 5 heteroatoms. The maximum atomic E-state index is 13.2. The van der Waals surface area contributed by atoms with Gasteiger partial charge in [-0.3, -0.25) is 4.79 Å². The molecule has 1 N–H and O–H groups in total. The van der Waals surface area contributed by atoms with Crippen molar-refractivity contribution in [3.63, 3.8) is 0 Å². The second kappa shape index (κ2) is 8.65. The summed E-state index contributed by atoms with van der Waals surface area (Å²) in [6, 6.07) is 6.92. The van der Waals surface area contributed by atoms with Crippen LogP contribution in [-0.2, 0) is 11.2 Å². The normalized spacial score (nSPS) is 22.5. The summed E-state index contributed by atoms with van der Waals surface area (Å²) in [4.78, 5) is 14.5. The van der Waals surface area contributed by atoms with E-state index in [1.807, 2.05) is 11.0 Å². The average molecular weight is 341 g/mol. The van der Waals surface area contributed by atoms with Gasteiger partial charge in [-0.15, -0.1) is 12.4 Å². The summed E-state index contributed by atoms with van der Waals surface area (Å²) in [5, 5.41) is 3.34. The fourth-order valence-electron chi connectivity index (χ4n) is 3.64. The predicted molar refractivity (Wildman–Crippen MR) is 92.3 cm³/mol. The predicted octanol–water partition coefficient (Wildman–Crippen LogP) is 3.17. The zero-order valence-corrected chi connectivity index (χ0v) is 14.3. The number of hydrogen-bond acceptors (Lipinski definition) is 2. The Labute approximate surface area is 144 Å². The molecule has 3 rings (SSSR count). The van der Waals surface area contributed by atoms with Crippen LogP contribution in [0.4, 0.5) is 4.39 Å². The fraction of sp³-hybridized carbons (Fsp3) is 0.611. The van der Waals surface area contributed by atoms with Gasteiger partial charge in [-0.25, -0.2) is 4.39 Å². The number of hydrogen-bond donors (Lipinski definition) is 1. The van der Waals surface area contributed by atoms with E-state index in [0.29, 0.717) is 5.92 Å². The summed E-state index contributed by atoms with van der Waals surface area (Å²) in [6.45, 7) is 2.65. The summed E-state index contributed by atoms with van der Waals surface area (Å²) in [5.41, 5.74) is 1.07. The molecule has 128 valence electrons. The van der Waals surface area contributed by atoms with Gasteiger partial charge in [-0.1, -0.05) is 18.6 Å². The molecule has 1 atom stereocenters. The highest BCUT2D eigenvalue weighted by Crippen LogP contribution is 2.23. The van der Waals surface area contributed by atoms with E-state index >= 15 is 0 Å². The molecule has 2 saturated heterocycles. The van der Waals surface area contributed by atoms with Gasteiger partial charge in [0.1, 0.15) is 5.82 Å². The summed E-state index contributed by atoms with van der Waals surface area (Å²) >= 11 is 0. The molecule has 2 aliphatic rings. The summed E-state index contributed by atoms with van der Waals surface area (Å²) in [5.74, 6) is 0.683. The quantitative estimate of drug-likeness (QED) is 0.916. The Kier molecular flexibility index (Phi) is 6.85. The zero-order chi connectivity index (χ0) is 15.4. The number of carbonyl (C=O) groups excluding carboxylic acids is 1. The SMILES string of the molecule is Cl.O=C(C1CCCCN1)N1CCC(Cc2cccc(F)c2)CC1. The number of benzene rings is 1.